The van der Waals surface area contributed by atoms with Gasteiger partial charge in [0.05, 0.1) is 18.6 Å². The summed E-state index contributed by atoms with van der Waals surface area (Å²) in [6, 6.07) is 7.47. The number of aromatic nitrogens is 2. The number of rotatable bonds is 5. The number of nitrogens with zero attached hydrogens (tertiary/aromatic N) is 2. The van der Waals surface area contributed by atoms with Gasteiger partial charge in [0.15, 0.2) is 0 Å². The Morgan fingerprint density at radius 3 is 2.36 bits per heavy atom. The van der Waals surface area contributed by atoms with Gasteiger partial charge < -0.3 is 15.2 Å². The van der Waals surface area contributed by atoms with Crippen LogP contribution in [-0.4, -0.2) is 27.9 Å². The monoisotopic (exact) mass is 300 g/mol. The van der Waals surface area contributed by atoms with Gasteiger partial charge in [0.1, 0.15) is 0 Å². The number of hydrogen-bond acceptors (Lipinski definition) is 3. The van der Waals surface area contributed by atoms with Crippen LogP contribution in [0, 0.1) is 13.8 Å². The highest BCUT2D eigenvalue weighted by Crippen LogP contribution is 2.16. The lowest BCUT2D eigenvalue weighted by atomic mass is 10.2. The molecule has 0 aliphatic heterocycles. The fourth-order valence-corrected chi connectivity index (χ4v) is 1.97. The molecule has 116 valence electrons. The molecular formula is C16H20N4O2. The van der Waals surface area contributed by atoms with Crippen LogP contribution in [0.1, 0.15) is 24.7 Å². The van der Waals surface area contributed by atoms with Crippen LogP contribution < -0.4 is 10.6 Å². The van der Waals surface area contributed by atoms with Crippen molar-refractivity contribution >= 4 is 17.5 Å². The van der Waals surface area contributed by atoms with E-state index < -0.39 is 0 Å². The highest BCUT2D eigenvalue weighted by molar-refractivity contribution is 5.94. The molecule has 0 saturated carbocycles. The minimum Gasteiger partial charge on any atom is -0.347 e. The summed E-state index contributed by atoms with van der Waals surface area (Å²) in [5.74, 6) is -0.388. The maximum Gasteiger partial charge on any atom is 0.243 e. The van der Waals surface area contributed by atoms with Gasteiger partial charge in [-0.3, -0.25) is 9.59 Å². The summed E-state index contributed by atoms with van der Waals surface area (Å²) in [4.78, 5) is 27.1. The number of hydrogen-bond donors (Lipinski definition) is 2. The quantitative estimate of drug-likeness (QED) is 0.886. The minimum absolute atomic E-state index is 0.0196. The summed E-state index contributed by atoms with van der Waals surface area (Å²) in [6.07, 6.45) is 2.14. The van der Waals surface area contributed by atoms with Gasteiger partial charge in [0, 0.05) is 23.5 Å². The van der Waals surface area contributed by atoms with E-state index in [-0.39, 0.29) is 18.4 Å². The topological polar surface area (TPSA) is 76.0 Å². The lowest BCUT2D eigenvalue weighted by Crippen LogP contribution is -2.32. The molecule has 0 unspecified atom stereocenters. The number of benzene rings is 1. The Labute approximate surface area is 129 Å². The summed E-state index contributed by atoms with van der Waals surface area (Å²) >= 11 is 0. The van der Waals surface area contributed by atoms with Crippen molar-refractivity contribution in [2.24, 2.45) is 0 Å². The molecule has 22 heavy (non-hydrogen) atoms. The molecule has 0 radical (unpaired) electrons. The third-order valence-electron chi connectivity index (χ3n) is 3.45. The summed E-state index contributed by atoms with van der Waals surface area (Å²) in [5.41, 5.74) is 3.74. The van der Waals surface area contributed by atoms with Gasteiger partial charge in [-0.2, -0.15) is 0 Å². The van der Waals surface area contributed by atoms with Crippen molar-refractivity contribution in [1.29, 1.82) is 0 Å². The number of aryl methyl sites for hydroxylation is 1. The van der Waals surface area contributed by atoms with E-state index in [4.69, 9.17) is 0 Å². The van der Waals surface area contributed by atoms with Gasteiger partial charge in [-0.05, 0) is 38.1 Å². The molecule has 0 atom stereocenters. The molecule has 1 aromatic carbocycles. The molecule has 0 bridgehead atoms. The van der Waals surface area contributed by atoms with Crippen molar-refractivity contribution in [3.05, 3.63) is 42.0 Å². The molecule has 0 aliphatic rings. The normalized spacial score (nSPS) is 10.3. The van der Waals surface area contributed by atoms with Gasteiger partial charge in [0.2, 0.25) is 11.8 Å². The predicted molar refractivity (Wildman–Crippen MR) is 85.0 cm³/mol. The lowest BCUT2D eigenvalue weighted by molar-refractivity contribution is -0.123. The highest BCUT2D eigenvalue weighted by Gasteiger charge is 2.06. The van der Waals surface area contributed by atoms with Crippen molar-refractivity contribution in [2.45, 2.75) is 27.2 Å². The third kappa shape index (κ3) is 3.72. The number of amides is 2. The van der Waals surface area contributed by atoms with Crippen molar-refractivity contribution in [2.75, 3.05) is 11.9 Å². The largest absolute Gasteiger partial charge is 0.347 e. The predicted octanol–water partition coefficient (Wildman–Crippen LogP) is 1.95. The van der Waals surface area contributed by atoms with Crippen LogP contribution in [0.5, 0.6) is 0 Å². The Morgan fingerprint density at radius 1 is 1.14 bits per heavy atom. The zero-order valence-corrected chi connectivity index (χ0v) is 13.0. The van der Waals surface area contributed by atoms with E-state index in [2.05, 4.69) is 15.6 Å². The molecule has 0 spiro atoms. The number of nitrogens with one attached hydrogen (secondary N) is 2. The van der Waals surface area contributed by atoms with Crippen LogP contribution >= 0.6 is 0 Å². The van der Waals surface area contributed by atoms with Gasteiger partial charge in [-0.25, -0.2) is 4.98 Å². The van der Waals surface area contributed by atoms with E-state index >= 15 is 0 Å². The molecule has 0 fully saturated rings. The zero-order valence-electron chi connectivity index (χ0n) is 13.0. The van der Waals surface area contributed by atoms with Gasteiger partial charge in [0.25, 0.3) is 0 Å². The number of anilines is 1. The molecule has 2 amide bonds. The Balaban J connectivity index is 1.99. The second-order valence-corrected chi connectivity index (χ2v) is 5.01. The Morgan fingerprint density at radius 2 is 1.82 bits per heavy atom. The van der Waals surface area contributed by atoms with E-state index in [9.17, 15) is 9.59 Å². The van der Waals surface area contributed by atoms with Crippen LogP contribution in [0.2, 0.25) is 0 Å². The summed E-state index contributed by atoms with van der Waals surface area (Å²) in [6.45, 7) is 5.69. The fraction of sp³-hybridized carbons (Fsp3) is 0.312. The van der Waals surface area contributed by atoms with Crippen molar-refractivity contribution in [3.8, 4) is 5.69 Å². The first-order valence-electron chi connectivity index (χ1n) is 7.18. The second-order valence-electron chi connectivity index (χ2n) is 5.01. The smallest absolute Gasteiger partial charge is 0.243 e. The average Bonchev–Trinajstić information content (AvgIpc) is 2.85. The van der Waals surface area contributed by atoms with Gasteiger partial charge in [-0.1, -0.05) is 6.92 Å². The number of imidazole rings is 1. The molecule has 2 aromatic rings. The maximum absolute atomic E-state index is 11.7. The fourth-order valence-electron chi connectivity index (χ4n) is 1.97. The molecular weight excluding hydrogens is 280 g/mol. The first-order valence-corrected chi connectivity index (χ1v) is 7.18. The standard InChI is InChI=1S/C16H20N4O2/c1-4-15(21)17-9-16(22)19-13-5-7-14(8-6-13)20-10-18-11(2)12(20)3/h5-8,10H,4,9H2,1-3H3,(H,17,21)(H,19,22). The number of carbonyl (C=O) groups excluding carboxylic acids is 2. The lowest BCUT2D eigenvalue weighted by Gasteiger charge is -2.09. The van der Waals surface area contributed by atoms with Crippen LogP contribution in [-0.2, 0) is 9.59 Å². The SMILES string of the molecule is CCC(=O)NCC(=O)Nc1ccc(-n2cnc(C)c2C)cc1. The minimum atomic E-state index is -0.246. The molecule has 1 heterocycles. The summed E-state index contributed by atoms with van der Waals surface area (Å²) < 4.78 is 1.99. The first kappa shape index (κ1) is 15.8. The van der Waals surface area contributed by atoms with Gasteiger partial charge in [-0.15, -0.1) is 0 Å². The van der Waals surface area contributed by atoms with E-state index in [1.165, 1.54) is 0 Å². The molecule has 6 heteroatoms. The van der Waals surface area contributed by atoms with Crippen molar-refractivity contribution < 1.29 is 9.59 Å². The van der Waals surface area contributed by atoms with E-state index in [1.807, 2.05) is 42.7 Å². The van der Waals surface area contributed by atoms with Crippen LogP contribution in [0.4, 0.5) is 5.69 Å². The van der Waals surface area contributed by atoms with E-state index in [0.29, 0.717) is 12.1 Å². The zero-order chi connectivity index (χ0) is 16.1. The molecule has 1 aromatic heterocycles. The molecule has 6 nitrogen and oxygen atoms in total. The Bertz CT molecular complexity index is 674. The van der Waals surface area contributed by atoms with E-state index in [1.54, 1.807) is 13.3 Å². The molecule has 0 aliphatic carbocycles. The van der Waals surface area contributed by atoms with Gasteiger partial charge >= 0.3 is 0 Å². The van der Waals surface area contributed by atoms with Crippen LogP contribution in [0.15, 0.2) is 30.6 Å². The third-order valence-corrected chi connectivity index (χ3v) is 3.45. The van der Waals surface area contributed by atoms with Crippen LogP contribution in [0.3, 0.4) is 0 Å². The summed E-state index contributed by atoms with van der Waals surface area (Å²) in [7, 11) is 0. The van der Waals surface area contributed by atoms with Crippen molar-refractivity contribution in [3.63, 3.8) is 0 Å². The Hall–Kier alpha value is -2.63. The highest BCUT2D eigenvalue weighted by atomic mass is 16.2. The second kappa shape index (κ2) is 6.89. The molecule has 0 saturated heterocycles. The Kier molecular flexibility index (Phi) is 4.93. The average molecular weight is 300 g/mol. The van der Waals surface area contributed by atoms with Crippen molar-refractivity contribution in [1.82, 2.24) is 14.9 Å². The maximum atomic E-state index is 11.7. The van der Waals surface area contributed by atoms with Crippen LogP contribution in [0.25, 0.3) is 5.69 Å². The first-order chi connectivity index (χ1) is 10.5. The molecule has 2 rings (SSSR count). The molecule has 2 N–H and O–H groups in total. The summed E-state index contributed by atoms with van der Waals surface area (Å²) in [5, 5.41) is 5.28. The number of carbonyl (C=O) groups is 2. The van der Waals surface area contributed by atoms with E-state index in [0.717, 1.165) is 17.1 Å².